The summed E-state index contributed by atoms with van der Waals surface area (Å²) in [6.45, 7) is 5.20. The van der Waals surface area contributed by atoms with E-state index < -0.39 is 0 Å². The van der Waals surface area contributed by atoms with E-state index in [9.17, 15) is 9.90 Å². The standard InChI is InChI=1S/C29H49N3O2/c1-2-3-4-5-6-7-8-11-14-20-30-21-15-12-9-10-13-16-29(34)31-22-19-25-24-32-28-18-17-26(33)23-27(25)28/h17-18,23-24,30,32-33H,2-16,19-22H2,1H3,(H,31,34). The number of H-pyrrole nitrogens is 1. The highest BCUT2D eigenvalue weighted by molar-refractivity contribution is 5.84. The third kappa shape index (κ3) is 12.5. The minimum Gasteiger partial charge on any atom is -0.508 e. The minimum absolute atomic E-state index is 0.144. The number of amides is 1. The van der Waals surface area contributed by atoms with Crippen molar-refractivity contribution < 1.29 is 9.90 Å². The smallest absolute Gasteiger partial charge is 0.220 e. The molecule has 1 aromatic carbocycles. The Morgan fingerprint density at radius 1 is 0.824 bits per heavy atom. The summed E-state index contributed by atoms with van der Waals surface area (Å²) in [5.41, 5.74) is 2.13. The Balaban J connectivity index is 1.33. The van der Waals surface area contributed by atoms with E-state index in [1.165, 1.54) is 77.0 Å². The molecule has 1 amide bonds. The lowest BCUT2D eigenvalue weighted by Crippen LogP contribution is -2.25. The third-order valence-electron chi connectivity index (χ3n) is 6.68. The summed E-state index contributed by atoms with van der Waals surface area (Å²) in [7, 11) is 0. The second kappa shape index (κ2) is 18.3. The van der Waals surface area contributed by atoms with Gasteiger partial charge in [-0.1, -0.05) is 77.6 Å². The average molecular weight is 472 g/mol. The van der Waals surface area contributed by atoms with E-state index in [4.69, 9.17) is 0 Å². The molecule has 0 fully saturated rings. The summed E-state index contributed by atoms with van der Waals surface area (Å²) in [6, 6.07) is 5.33. The van der Waals surface area contributed by atoms with Crippen molar-refractivity contribution in [1.29, 1.82) is 0 Å². The maximum atomic E-state index is 12.1. The van der Waals surface area contributed by atoms with E-state index in [1.54, 1.807) is 12.1 Å². The monoisotopic (exact) mass is 471 g/mol. The highest BCUT2D eigenvalue weighted by atomic mass is 16.3. The molecule has 0 saturated carbocycles. The highest BCUT2D eigenvalue weighted by Gasteiger charge is 2.06. The molecule has 1 aromatic heterocycles. The zero-order valence-electron chi connectivity index (χ0n) is 21.6. The summed E-state index contributed by atoms with van der Waals surface area (Å²) >= 11 is 0. The van der Waals surface area contributed by atoms with E-state index in [0.29, 0.717) is 13.0 Å². The zero-order chi connectivity index (χ0) is 24.3. The molecule has 0 aliphatic heterocycles. The lowest BCUT2D eigenvalue weighted by molar-refractivity contribution is -0.121. The van der Waals surface area contributed by atoms with Crippen molar-refractivity contribution in [2.24, 2.45) is 0 Å². The summed E-state index contributed by atoms with van der Waals surface area (Å²) in [4.78, 5) is 15.3. The molecule has 192 valence electrons. The van der Waals surface area contributed by atoms with Gasteiger partial charge < -0.3 is 20.7 Å². The molecule has 2 aromatic rings. The molecule has 0 aliphatic carbocycles. The first-order valence-corrected chi connectivity index (χ1v) is 14.0. The quantitative estimate of drug-likeness (QED) is 0.148. The normalized spacial score (nSPS) is 11.3. The van der Waals surface area contributed by atoms with E-state index >= 15 is 0 Å². The summed E-state index contributed by atoms with van der Waals surface area (Å²) < 4.78 is 0. The Morgan fingerprint density at radius 3 is 2.12 bits per heavy atom. The van der Waals surface area contributed by atoms with Crippen molar-refractivity contribution in [2.75, 3.05) is 19.6 Å². The van der Waals surface area contributed by atoms with Crippen LogP contribution in [0, 0.1) is 0 Å². The molecule has 0 unspecified atom stereocenters. The van der Waals surface area contributed by atoms with Gasteiger partial charge in [-0.05, 0) is 62.5 Å². The van der Waals surface area contributed by atoms with E-state index in [1.807, 2.05) is 12.3 Å². The second-order valence-corrected chi connectivity index (χ2v) is 9.74. The minimum atomic E-state index is 0.144. The number of phenolic OH excluding ortho intramolecular Hbond substituents is 1. The van der Waals surface area contributed by atoms with Crippen molar-refractivity contribution in [2.45, 2.75) is 110 Å². The number of aromatic nitrogens is 1. The third-order valence-corrected chi connectivity index (χ3v) is 6.68. The number of hydrogen-bond acceptors (Lipinski definition) is 3. The first-order valence-electron chi connectivity index (χ1n) is 14.0. The fourth-order valence-electron chi connectivity index (χ4n) is 4.55. The van der Waals surface area contributed by atoms with Gasteiger partial charge in [0.15, 0.2) is 0 Å². The van der Waals surface area contributed by atoms with E-state index in [2.05, 4.69) is 22.5 Å². The number of carbonyl (C=O) groups is 1. The molecule has 0 saturated heterocycles. The predicted octanol–water partition coefficient (Wildman–Crippen LogP) is 6.99. The first-order chi connectivity index (χ1) is 16.7. The molecule has 5 nitrogen and oxygen atoms in total. The molecular formula is C29H49N3O2. The topological polar surface area (TPSA) is 77.2 Å². The summed E-state index contributed by atoms with van der Waals surface area (Å²) in [5.74, 6) is 0.414. The van der Waals surface area contributed by atoms with Crippen LogP contribution < -0.4 is 10.6 Å². The Labute approximate surface area is 207 Å². The molecule has 5 heteroatoms. The lowest BCUT2D eigenvalue weighted by Gasteiger charge is -2.06. The van der Waals surface area contributed by atoms with Crippen LogP contribution in [0.3, 0.4) is 0 Å². The van der Waals surface area contributed by atoms with Gasteiger partial charge >= 0.3 is 0 Å². The lowest BCUT2D eigenvalue weighted by atomic mass is 10.1. The van der Waals surface area contributed by atoms with Crippen LogP contribution in [0.5, 0.6) is 5.75 Å². The fraction of sp³-hybridized carbons (Fsp3) is 0.690. The van der Waals surface area contributed by atoms with Gasteiger partial charge in [-0.3, -0.25) is 4.79 Å². The van der Waals surface area contributed by atoms with Crippen molar-refractivity contribution in [1.82, 2.24) is 15.6 Å². The van der Waals surface area contributed by atoms with Crippen LogP contribution >= 0.6 is 0 Å². The number of hydrogen-bond donors (Lipinski definition) is 4. The number of carbonyl (C=O) groups excluding carboxylic acids is 1. The molecule has 2 rings (SSSR count). The first kappa shape index (κ1) is 28.2. The molecular weight excluding hydrogens is 422 g/mol. The van der Waals surface area contributed by atoms with Crippen molar-refractivity contribution in [3.8, 4) is 5.75 Å². The highest BCUT2D eigenvalue weighted by Crippen LogP contribution is 2.23. The number of phenols is 1. The Kier molecular flexibility index (Phi) is 15.2. The predicted molar refractivity (Wildman–Crippen MR) is 144 cm³/mol. The van der Waals surface area contributed by atoms with Crippen molar-refractivity contribution in [3.63, 3.8) is 0 Å². The Morgan fingerprint density at radius 2 is 1.44 bits per heavy atom. The van der Waals surface area contributed by atoms with Crippen molar-refractivity contribution >= 4 is 16.8 Å². The molecule has 34 heavy (non-hydrogen) atoms. The number of unbranched alkanes of at least 4 members (excludes halogenated alkanes) is 12. The van der Waals surface area contributed by atoms with Gasteiger partial charge in [-0.2, -0.15) is 0 Å². The van der Waals surface area contributed by atoms with Gasteiger partial charge in [0.1, 0.15) is 5.75 Å². The van der Waals surface area contributed by atoms with Crippen molar-refractivity contribution in [3.05, 3.63) is 30.0 Å². The number of fused-ring (bicyclic) bond motifs is 1. The SMILES string of the molecule is CCCCCCCCCCCNCCCCCCCC(=O)NCCc1c[nH]c2ccc(O)cc12. The van der Waals surface area contributed by atoms with Gasteiger partial charge in [0.05, 0.1) is 0 Å². The van der Waals surface area contributed by atoms with Gasteiger partial charge in [-0.15, -0.1) is 0 Å². The van der Waals surface area contributed by atoms with Gasteiger partial charge in [0, 0.05) is 30.1 Å². The van der Waals surface area contributed by atoms with Crippen LogP contribution in [0.4, 0.5) is 0 Å². The number of rotatable bonds is 21. The zero-order valence-corrected chi connectivity index (χ0v) is 21.6. The Bertz CT molecular complexity index is 787. The van der Waals surface area contributed by atoms with Crippen LogP contribution in [0.25, 0.3) is 10.9 Å². The number of nitrogens with one attached hydrogen (secondary N) is 3. The van der Waals surface area contributed by atoms with E-state index in [-0.39, 0.29) is 11.7 Å². The van der Waals surface area contributed by atoms with Gasteiger partial charge in [0.2, 0.25) is 5.91 Å². The van der Waals surface area contributed by atoms with Crippen LogP contribution in [0.2, 0.25) is 0 Å². The number of benzene rings is 1. The van der Waals surface area contributed by atoms with Gasteiger partial charge in [0.25, 0.3) is 0 Å². The Hall–Kier alpha value is -2.01. The molecule has 0 atom stereocenters. The van der Waals surface area contributed by atoms with Gasteiger partial charge in [-0.25, -0.2) is 0 Å². The number of aromatic amines is 1. The number of aromatic hydroxyl groups is 1. The molecule has 0 radical (unpaired) electrons. The summed E-state index contributed by atoms with van der Waals surface area (Å²) in [5, 5.41) is 17.3. The summed E-state index contributed by atoms with van der Waals surface area (Å²) in [6.07, 6.45) is 21.7. The maximum absolute atomic E-state index is 12.1. The molecule has 1 heterocycles. The largest absolute Gasteiger partial charge is 0.508 e. The van der Waals surface area contributed by atoms with E-state index in [0.717, 1.165) is 48.8 Å². The molecule has 0 bridgehead atoms. The fourth-order valence-corrected chi connectivity index (χ4v) is 4.55. The maximum Gasteiger partial charge on any atom is 0.220 e. The second-order valence-electron chi connectivity index (χ2n) is 9.74. The van der Waals surface area contributed by atoms with Crippen LogP contribution in [0.1, 0.15) is 109 Å². The molecule has 0 spiro atoms. The van der Waals surface area contributed by atoms with Crippen LogP contribution in [-0.4, -0.2) is 35.6 Å². The molecule has 4 N–H and O–H groups in total. The van der Waals surface area contributed by atoms with Crippen LogP contribution in [-0.2, 0) is 11.2 Å². The van der Waals surface area contributed by atoms with Crippen LogP contribution in [0.15, 0.2) is 24.4 Å². The molecule has 0 aliphatic rings. The average Bonchev–Trinajstić information content (AvgIpc) is 3.23.